The molecule has 0 spiro atoms. The molecule has 6 heteroatoms. The maximum atomic E-state index is 14.2. The number of fused-ring (bicyclic) bond motifs is 3. The number of rotatable bonds is 1. The number of aromatic nitrogens is 1. The van der Waals surface area contributed by atoms with E-state index >= 15 is 0 Å². The van der Waals surface area contributed by atoms with Crippen molar-refractivity contribution in [2.75, 3.05) is 11.9 Å². The molecule has 1 aliphatic heterocycles. The summed E-state index contributed by atoms with van der Waals surface area (Å²) >= 11 is 6.02. The van der Waals surface area contributed by atoms with E-state index in [0.717, 1.165) is 10.9 Å². The molecule has 1 aliphatic rings. The number of hydrogen-bond acceptors (Lipinski definition) is 2. The number of aliphatic imine (C=N–C) groups is 1. The molecular formula is C17H11ClFN3O. The Morgan fingerprint density at radius 2 is 2.00 bits per heavy atom. The van der Waals surface area contributed by atoms with E-state index in [9.17, 15) is 9.18 Å². The summed E-state index contributed by atoms with van der Waals surface area (Å²) in [6.45, 7) is -0.0543. The van der Waals surface area contributed by atoms with Crippen molar-refractivity contribution in [3.05, 3.63) is 64.6 Å². The van der Waals surface area contributed by atoms with E-state index in [-0.39, 0.29) is 18.3 Å². The average molecular weight is 328 g/mol. The number of nitrogens with zero attached hydrogens (tertiary/aromatic N) is 1. The summed E-state index contributed by atoms with van der Waals surface area (Å²) in [5.74, 6) is -0.628. The zero-order valence-corrected chi connectivity index (χ0v) is 12.6. The molecule has 2 heterocycles. The summed E-state index contributed by atoms with van der Waals surface area (Å²) in [6, 6.07) is 11.7. The molecule has 0 radical (unpaired) electrons. The molecule has 23 heavy (non-hydrogen) atoms. The fraction of sp³-hybridized carbons (Fsp3) is 0.0588. The number of amides is 1. The number of nitrogens with one attached hydrogen (secondary N) is 2. The number of aromatic amines is 1. The van der Waals surface area contributed by atoms with Crippen LogP contribution < -0.4 is 5.32 Å². The predicted octanol–water partition coefficient (Wildman–Crippen LogP) is 3.75. The van der Waals surface area contributed by atoms with Crippen molar-refractivity contribution in [1.29, 1.82) is 0 Å². The van der Waals surface area contributed by atoms with Gasteiger partial charge in [0.05, 0.1) is 17.1 Å². The number of halogens is 2. The van der Waals surface area contributed by atoms with E-state index in [1.54, 1.807) is 30.3 Å². The van der Waals surface area contributed by atoms with E-state index in [4.69, 9.17) is 11.6 Å². The molecule has 2 aromatic carbocycles. The van der Waals surface area contributed by atoms with Crippen LogP contribution in [0.15, 0.2) is 47.5 Å². The van der Waals surface area contributed by atoms with Crippen LogP contribution in [0.4, 0.5) is 10.1 Å². The van der Waals surface area contributed by atoms with Gasteiger partial charge in [0.2, 0.25) is 5.91 Å². The number of carbonyl (C=O) groups is 1. The zero-order chi connectivity index (χ0) is 16.0. The molecule has 1 aromatic heterocycles. The number of benzene rings is 2. The van der Waals surface area contributed by atoms with Crippen LogP contribution in [0.5, 0.6) is 0 Å². The summed E-state index contributed by atoms with van der Waals surface area (Å²) in [5, 5.41) is 4.22. The molecule has 0 bridgehead atoms. The molecular weight excluding hydrogens is 317 g/mol. The van der Waals surface area contributed by atoms with Gasteiger partial charge in [0.25, 0.3) is 0 Å². The first-order chi connectivity index (χ1) is 11.1. The lowest BCUT2D eigenvalue weighted by Gasteiger charge is -2.06. The first kappa shape index (κ1) is 14.0. The van der Waals surface area contributed by atoms with Gasteiger partial charge in [-0.1, -0.05) is 23.7 Å². The van der Waals surface area contributed by atoms with Gasteiger partial charge in [-0.05, 0) is 30.3 Å². The lowest BCUT2D eigenvalue weighted by Crippen LogP contribution is -2.13. The van der Waals surface area contributed by atoms with E-state index in [2.05, 4.69) is 15.3 Å². The van der Waals surface area contributed by atoms with Crippen molar-refractivity contribution in [2.45, 2.75) is 0 Å². The fourth-order valence-electron chi connectivity index (χ4n) is 2.76. The smallest absolute Gasteiger partial charge is 0.246 e. The minimum Gasteiger partial charge on any atom is -0.351 e. The van der Waals surface area contributed by atoms with Gasteiger partial charge in [-0.25, -0.2) is 4.39 Å². The topological polar surface area (TPSA) is 57.2 Å². The molecule has 0 saturated heterocycles. The summed E-state index contributed by atoms with van der Waals surface area (Å²) in [4.78, 5) is 19.5. The highest BCUT2D eigenvalue weighted by molar-refractivity contribution is 6.31. The highest BCUT2D eigenvalue weighted by atomic mass is 35.5. The van der Waals surface area contributed by atoms with Crippen LogP contribution in [0.3, 0.4) is 0 Å². The summed E-state index contributed by atoms with van der Waals surface area (Å²) in [6.07, 6.45) is 0. The van der Waals surface area contributed by atoms with Crippen molar-refractivity contribution in [3.8, 4) is 0 Å². The second-order valence-corrected chi connectivity index (χ2v) is 5.69. The van der Waals surface area contributed by atoms with Gasteiger partial charge in [0.1, 0.15) is 12.4 Å². The van der Waals surface area contributed by atoms with Gasteiger partial charge in [-0.2, -0.15) is 0 Å². The van der Waals surface area contributed by atoms with Crippen LogP contribution in [0.25, 0.3) is 10.9 Å². The normalized spacial score (nSPS) is 14.2. The summed E-state index contributed by atoms with van der Waals surface area (Å²) in [5.41, 5.74) is 2.71. The van der Waals surface area contributed by atoms with Crippen LogP contribution in [0.1, 0.15) is 11.3 Å². The third-order valence-corrected chi connectivity index (χ3v) is 4.01. The van der Waals surface area contributed by atoms with Gasteiger partial charge in [0, 0.05) is 21.5 Å². The lowest BCUT2D eigenvalue weighted by molar-refractivity contribution is -0.114. The maximum absolute atomic E-state index is 14.2. The molecule has 0 saturated carbocycles. The van der Waals surface area contributed by atoms with Crippen LogP contribution in [0.2, 0.25) is 5.02 Å². The Balaban J connectivity index is 2.01. The molecule has 3 aromatic rings. The van der Waals surface area contributed by atoms with Crippen LogP contribution in [-0.2, 0) is 4.79 Å². The largest absolute Gasteiger partial charge is 0.351 e. The number of H-pyrrole nitrogens is 1. The first-order valence-electron chi connectivity index (χ1n) is 7.04. The highest BCUT2D eigenvalue weighted by Crippen LogP contribution is 2.33. The quantitative estimate of drug-likeness (QED) is 0.702. The SMILES string of the molecule is O=C1CN=C(c2ccccc2F)c2[nH]c3cc(Cl)ccc3c2N1. The molecule has 0 atom stereocenters. The Morgan fingerprint density at radius 3 is 2.83 bits per heavy atom. The molecule has 0 fully saturated rings. The average Bonchev–Trinajstić information content (AvgIpc) is 2.78. The molecule has 4 rings (SSSR count). The third-order valence-electron chi connectivity index (χ3n) is 3.77. The molecule has 1 amide bonds. The second kappa shape index (κ2) is 5.21. The summed E-state index contributed by atoms with van der Waals surface area (Å²) in [7, 11) is 0. The predicted molar refractivity (Wildman–Crippen MR) is 88.8 cm³/mol. The molecule has 114 valence electrons. The van der Waals surface area contributed by atoms with Gasteiger partial charge < -0.3 is 10.3 Å². The first-order valence-corrected chi connectivity index (χ1v) is 7.42. The molecule has 2 N–H and O–H groups in total. The van der Waals surface area contributed by atoms with Gasteiger partial charge in [-0.15, -0.1) is 0 Å². The standard InChI is InChI=1S/C17H11ClFN3O/c18-9-5-6-11-13(7-9)21-17-15(10-3-1-2-4-12(10)19)20-8-14(23)22-16(11)17/h1-7,21H,8H2,(H,22,23). The van der Waals surface area contributed by atoms with Gasteiger partial charge >= 0.3 is 0 Å². The van der Waals surface area contributed by atoms with Crippen molar-refractivity contribution in [1.82, 2.24) is 4.98 Å². The Kier molecular flexibility index (Phi) is 3.16. The van der Waals surface area contributed by atoms with Gasteiger partial charge in [0.15, 0.2) is 0 Å². The Labute approximate surface area is 136 Å². The Bertz CT molecular complexity index is 977. The maximum Gasteiger partial charge on any atom is 0.246 e. The molecule has 4 nitrogen and oxygen atoms in total. The van der Waals surface area contributed by atoms with Gasteiger partial charge in [-0.3, -0.25) is 9.79 Å². The van der Waals surface area contributed by atoms with Crippen molar-refractivity contribution >= 4 is 39.8 Å². The number of anilines is 1. The van der Waals surface area contributed by atoms with E-state index in [1.807, 2.05) is 6.07 Å². The minimum absolute atomic E-state index is 0.0543. The van der Waals surface area contributed by atoms with Crippen molar-refractivity contribution < 1.29 is 9.18 Å². The minimum atomic E-state index is -0.386. The highest BCUT2D eigenvalue weighted by Gasteiger charge is 2.24. The third kappa shape index (κ3) is 2.29. The Hall–Kier alpha value is -2.66. The lowest BCUT2D eigenvalue weighted by atomic mass is 10.1. The number of hydrogen-bond donors (Lipinski definition) is 2. The van der Waals surface area contributed by atoms with E-state index in [1.165, 1.54) is 6.07 Å². The zero-order valence-electron chi connectivity index (χ0n) is 11.9. The van der Waals surface area contributed by atoms with Crippen LogP contribution in [-0.4, -0.2) is 23.1 Å². The van der Waals surface area contributed by atoms with E-state index in [0.29, 0.717) is 27.7 Å². The van der Waals surface area contributed by atoms with Crippen LogP contribution in [0, 0.1) is 5.82 Å². The second-order valence-electron chi connectivity index (χ2n) is 5.26. The Morgan fingerprint density at radius 1 is 1.17 bits per heavy atom. The monoisotopic (exact) mass is 327 g/mol. The molecule has 0 aliphatic carbocycles. The number of carbonyl (C=O) groups excluding carboxylic acids is 1. The van der Waals surface area contributed by atoms with E-state index < -0.39 is 0 Å². The van der Waals surface area contributed by atoms with Crippen LogP contribution >= 0.6 is 11.6 Å². The molecule has 0 unspecified atom stereocenters. The fourth-order valence-corrected chi connectivity index (χ4v) is 2.93. The van der Waals surface area contributed by atoms with Crippen molar-refractivity contribution in [2.24, 2.45) is 4.99 Å². The van der Waals surface area contributed by atoms with Crippen molar-refractivity contribution in [3.63, 3.8) is 0 Å². The summed E-state index contributed by atoms with van der Waals surface area (Å²) < 4.78 is 14.2.